The second-order valence-corrected chi connectivity index (χ2v) is 6.78. The molecule has 2 aromatic rings. The van der Waals surface area contributed by atoms with Gasteiger partial charge in [0.05, 0.1) is 0 Å². The van der Waals surface area contributed by atoms with E-state index in [-0.39, 0.29) is 5.91 Å². The third kappa shape index (κ3) is 3.34. The lowest BCUT2D eigenvalue weighted by Crippen LogP contribution is -2.49. The highest BCUT2D eigenvalue weighted by Crippen LogP contribution is 2.23. The number of hydrogen-bond acceptors (Lipinski definition) is 2. The summed E-state index contributed by atoms with van der Waals surface area (Å²) in [6.07, 6.45) is 1.85. The van der Waals surface area contributed by atoms with Gasteiger partial charge in [-0.15, -0.1) is 6.58 Å². The van der Waals surface area contributed by atoms with Gasteiger partial charge in [-0.25, -0.2) is 0 Å². The van der Waals surface area contributed by atoms with E-state index in [2.05, 4.69) is 53.3 Å². The molecule has 1 fully saturated rings. The van der Waals surface area contributed by atoms with Crippen LogP contribution in [0.1, 0.15) is 27.3 Å². The first-order chi connectivity index (χ1) is 12.0. The van der Waals surface area contributed by atoms with Gasteiger partial charge in [-0.05, 0) is 44.0 Å². The number of nitrogens with zero attached hydrogens (tertiary/aromatic N) is 3. The summed E-state index contributed by atoms with van der Waals surface area (Å²) in [6, 6.07) is 10.5. The molecule has 0 spiro atoms. The van der Waals surface area contributed by atoms with Crippen LogP contribution in [-0.2, 0) is 6.54 Å². The summed E-state index contributed by atoms with van der Waals surface area (Å²) >= 11 is 0. The van der Waals surface area contributed by atoms with Crippen LogP contribution in [0.3, 0.4) is 0 Å². The van der Waals surface area contributed by atoms with Crippen LogP contribution in [-0.4, -0.2) is 41.6 Å². The SMILES string of the molecule is C=CCn1c(C)cc(C)c1C(=O)N1CCN(c2ccccc2C)CC1. The molecule has 1 aromatic carbocycles. The van der Waals surface area contributed by atoms with Crippen LogP contribution in [0.25, 0.3) is 0 Å². The predicted molar refractivity (Wildman–Crippen MR) is 103 cm³/mol. The summed E-state index contributed by atoms with van der Waals surface area (Å²) in [7, 11) is 0. The molecule has 4 heteroatoms. The molecule has 0 saturated carbocycles. The average Bonchev–Trinajstić information content (AvgIpc) is 2.89. The first kappa shape index (κ1) is 17.3. The molecule has 3 rings (SSSR count). The standard InChI is InChI=1S/C21H27N3O/c1-5-10-24-18(4)15-17(3)20(24)21(25)23-13-11-22(12-14-23)19-9-7-6-8-16(19)2/h5-9,15H,1,10-14H2,2-4H3. The lowest BCUT2D eigenvalue weighted by Gasteiger charge is -2.37. The molecule has 0 unspecified atom stereocenters. The molecule has 25 heavy (non-hydrogen) atoms. The fourth-order valence-corrected chi connectivity index (χ4v) is 3.72. The summed E-state index contributed by atoms with van der Waals surface area (Å²) in [5, 5.41) is 0. The van der Waals surface area contributed by atoms with Crippen LogP contribution in [0.4, 0.5) is 5.69 Å². The van der Waals surface area contributed by atoms with Crippen molar-refractivity contribution in [3.05, 3.63) is 65.5 Å². The summed E-state index contributed by atoms with van der Waals surface area (Å²) in [6.45, 7) is 13.9. The number of para-hydroxylation sites is 1. The fourth-order valence-electron chi connectivity index (χ4n) is 3.72. The number of rotatable bonds is 4. The maximum absolute atomic E-state index is 13.1. The van der Waals surface area contributed by atoms with Gasteiger partial charge < -0.3 is 14.4 Å². The summed E-state index contributed by atoms with van der Waals surface area (Å²) in [5.41, 5.74) is 5.52. The number of anilines is 1. The van der Waals surface area contributed by atoms with Crippen LogP contribution >= 0.6 is 0 Å². The van der Waals surface area contributed by atoms with Gasteiger partial charge in [0.1, 0.15) is 5.69 Å². The smallest absolute Gasteiger partial charge is 0.270 e. The van der Waals surface area contributed by atoms with E-state index in [0.29, 0.717) is 6.54 Å². The van der Waals surface area contributed by atoms with Crippen molar-refractivity contribution in [2.24, 2.45) is 0 Å². The van der Waals surface area contributed by atoms with Crippen molar-refractivity contribution in [2.75, 3.05) is 31.1 Å². The van der Waals surface area contributed by atoms with Gasteiger partial charge >= 0.3 is 0 Å². The molecule has 132 valence electrons. The number of hydrogen-bond donors (Lipinski definition) is 0. The molecule has 0 N–H and O–H groups in total. The predicted octanol–water partition coefficient (Wildman–Crippen LogP) is 3.56. The van der Waals surface area contributed by atoms with E-state index in [1.165, 1.54) is 11.3 Å². The largest absolute Gasteiger partial charge is 0.368 e. The highest BCUT2D eigenvalue weighted by Gasteiger charge is 2.26. The zero-order valence-corrected chi connectivity index (χ0v) is 15.5. The lowest BCUT2D eigenvalue weighted by molar-refractivity contribution is 0.0735. The van der Waals surface area contributed by atoms with Gasteiger partial charge in [0.25, 0.3) is 5.91 Å². The Bertz CT molecular complexity index is 782. The van der Waals surface area contributed by atoms with Crippen LogP contribution in [0, 0.1) is 20.8 Å². The van der Waals surface area contributed by atoms with Crippen LogP contribution < -0.4 is 4.90 Å². The quantitative estimate of drug-likeness (QED) is 0.798. The van der Waals surface area contributed by atoms with Crippen molar-refractivity contribution in [3.63, 3.8) is 0 Å². The number of carbonyl (C=O) groups excluding carboxylic acids is 1. The van der Waals surface area contributed by atoms with Gasteiger partial charge in [-0.1, -0.05) is 24.3 Å². The van der Waals surface area contributed by atoms with Crippen LogP contribution in [0.5, 0.6) is 0 Å². The Morgan fingerprint density at radius 3 is 2.40 bits per heavy atom. The van der Waals surface area contributed by atoms with Crippen molar-refractivity contribution < 1.29 is 4.79 Å². The number of amides is 1. The number of piperazine rings is 1. The van der Waals surface area contributed by atoms with Gasteiger partial charge in [0.15, 0.2) is 0 Å². The topological polar surface area (TPSA) is 28.5 Å². The Morgan fingerprint density at radius 1 is 1.08 bits per heavy atom. The van der Waals surface area contributed by atoms with Crippen molar-refractivity contribution in [1.82, 2.24) is 9.47 Å². The Balaban J connectivity index is 1.74. The highest BCUT2D eigenvalue weighted by atomic mass is 16.2. The number of allylic oxidation sites excluding steroid dienone is 1. The number of benzene rings is 1. The number of aromatic nitrogens is 1. The second-order valence-electron chi connectivity index (χ2n) is 6.78. The second kappa shape index (κ2) is 7.18. The van der Waals surface area contributed by atoms with Gasteiger partial charge in [-0.3, -0.25) is 4.79 Å². The van der Waals surface area contributed by atoms with Crippen LogP contribution in [0.15, 0.2) is 43.0 Å². The molecule has 4 nitrogen and oxygen atoms in total. The maximum atomic E-state index is 13.1. The van der Waals surface area contributed by atoms with E-state index in [1.807, 2.05) is 24.8 Å². The minimum Gasteiger partial charge on any atom is -0.368 e. The molecule has 0 bridgehead atoms. The van der Waals surface area contributed by atoms with E-state index in [1.54, 1.807) is 0 Å². The molecular formula is C21H27N3O. The van der Waals surface area contributed by atoms with Gasteiger partial charge in [0, 0.05) is 44.1 Å². The third-order valence-electron chi connectivity index (χ3n) is 5.03. The average molecular weight is 337 g/mol. The molecule has 1 aliphatic rings. The molecule has 2 heterocycles. The normalized spacial score (nSPS) is 14.7. The summed E-state index contributed by atoms with van der Waals surface area (Å²) in [5.74, 6) is 0.136. The molecular weight excluding hydrogens is 310 g/mol. The summed E-state index contributed by atoms with van der Waals surface area (Å²) < 4.78 is 2.07. The van der Waals surface area contributed by atoms with E-state index in [9.17, 15) is 4.79 Å². The minimum absolute atomic E-state index is 0.136. The van der Waals surface area contributed by atoms with E-state index in [4.69, 9.17) is 0 Å². The van der Waals surface area contributed by atoms with Gasteiger partial charge in [0.2, 0.25) is 0 Å². The molecule has 1 amide bonds. The lowest BCUT2D eigenvalue weighted by atomic mass is 10.1. The minimum atomic E-state index is 0.136. The molecule has 1 saturated heterocycles. The molecule has 0 aliphatic carbocycles. The Morgan fingerprint density at radius 2 is 1.76 bits per heavy atom. The van der Waals surface area contributed by atoms with Gasteiger partial charge in [-0.2, -0.15) is 0 Å². The zero-order valence-electron chi connectivity index (χ0n) is 15.5. The molecule has 1 aliphatic heterocycles. The van der Waals surface area contributed by atoms with Crippen molar-refractivity contribution >= 4 is 11.6 Å². The zero-order chi connectivity index (χ0) is 18.0. The van der Waals surface area contributed by atoms with E-state index < -0.39 is 0 Å². The summed E-state index contributed by atoms with van der Waals surface area (Å²) in [4.78, 5) is 17.4. The first-order valence-corrected chi connectivity index (χ1v) is 8.90. The highest BCUT2D eigenvalue weighted by molar-refractivity contribution is 5.94. The number of carbonyl (C=O) groups is 1. The third-order valence-corrected chi connectivity index (χ3v) is 5.03. The maximum Gasteiger partial charge on any atom is 0.270 e. The van der Waals surface area contributed by atoms with Crippen LogP contribution in [0.2, 0.25) is 0 Å². The Hall–Kier alpha value is -2.49. The van der Waals surface area contributed by atoms with E-state index >= 15 is 0 Å². The Labute approximate surface area is 150 Å². The first-order valence-electron chi connectivity index (χ1n) is 8.90. The fraction of sp³-hybridized carbons (Fsp3) is 0.381. The van der Waals surface area contributed by atoms with Crippen molar-refractivity contribution in [3.8, 4) is 0 Å². The number of aryl methyl sites for hydroxylation is 3. The van der Waals surface area contributed by atoms with E-state index in [0.717, 1.165) is 43.1 Å². The van der Waals surface area contributed by atoms with Crippen molar-refractivity contribution in [2.45, 2.75) is 27.3 Å². The molecule has 1 aromatic heterocycles. The monoisotopic (exact) mass is 337 g/mol. The Kier molecular flexibility index (Phi) is 4.98. The molecule has 0 atom stereocenters. The molecule has 0 radical (unpaired) electrons. The van der Waals surface area contributed by atoms with Crippen molar-refractivity contribution in [1.29, 1.82) is 0 Å².